The van der Waals surface area contributed by atoms with Crippen LogP contribution in [0.5, 0.6) is 0 Å². The first-order valence-electron chi connectivity index (χ1n) is 12.3. The lowest BCUT2D eigenvalue weighted by atomic mass is 9.91. The Hall–Kier alpha value is -3.20. The SMILES string of the molecule is CCCCC(O)C(CC1CC1)C(=O)NC1N=C(c2ccc(C(F)(F)F)cc2)c2ccccc2NC1=O. The Morgan fingerprint density at radius 1 is 1.17 bits per heavy atom. The molecule has 0 bridgehead atoms. The van der Waals surface area contributed by atoms with Crippen LogP contribution < -0.4 is 10.6 Å². The van der Waals surface area contributed by atoms with Crippen LogP contribution in [0.25, 0.3) is 0 Å². The van der Waals surface area contributed by atoms with Crippen molar-refractivity contribution in [2.24, 2.45) is 16.8 Å². The number of aliphatic imine (C=N–C) groups is 1. The second kappa shape index (κ2) is 10.8. The number of rotatable bonds is 9. The first-order chi connectivity index (χ1) is 17.2. The van der Waals surface area contributed by atoms with Gasteiger partial charge in [-0.2, -0.15) is 13.2 Å². The molecule has 0 radical (unpaired) electrons. The summed E-state index contributed by atoms with van der Waals surface area (Å²) in [6.07, 6.45) is -1.88. The Kier molecular flexibility index (Phi) is 7.78. The Bertz CT molecular complexity index is 1130. The van der Waals surface area contributed by atoms with Crippen molar-refractivity contribution in [3.63, 3.8) is 0 Å². The van der Waals surface area contributed by atoms with Crippen LogP contribution in [0.3, 0.4) is 0 Å². The quantitative estimate of drug-likeness (QED) is 0.456. The molecule has 0 spiro atoms. The Labute approximate surface area is 208 Å². The van der Waals surface area contributed by atoms with Crippen molar-refractivity contribution in [3.8, 4) is 0 Å². The monoisotopic (exact) mass is 501 g/mol. The number of aliphatic hydroxyl groups is 1. The number of carbonyl (C=O) groups excluding carboxylic acids is 2. The summed E-state index contributed by atoms with van der Waals surface area (Å²) >= 11 is 0. The number of hydrogen-bond donors (Lipinski definition) is 3. The summed E-state index contributed by atoms with van der Waals surface area (Å²) in [6.45, 7) is 2.01. The highest BCUT2D eigenvalue weighted by Crippen LogP contribution is 2.37. The number of halogens is 3. The van der Waals surface area contributed by atoms with E-state index in [0.717, 1.165) is 37.8 Å². The maximum atomic E-state index is 13.3. The highest BCUT2D eigenvalue weighted by Gasteiger charge is 2.36. The van der Waals surface area contributed by atoms with E-state index in [1.807, 2.05) is 6.92 Å². The fourth-order valence-electron chi connectivity index (χ4n) is 4.41. The standard InChI is InChI=1S/C27H30F3N3O3/c1-2-3-8-22(34)20(15-16-9-10-16)25(35)33-24-26(36)31-21-7-5-4-6-19(21)23(32-24)17-11-13-18(14-12-17)27(28,29)30/h4-7,11-14,16,20,22,24,34H,2-3,8-10,15H2,1H3,(H,31,36)(H,33,35). The number of carbonyl (C=O) groups is 2. The normalized spacial score (nSPS) is 19.4. The molecule has 3 N–H and O–H groups in total. The Morgan fingerprint density at radius 3 is 2.50 bits per heavy atom. The summed E-state index contributed by atoms with van der Waals surface area (Å²) in [6, 6.07) is 11.4. The van der Waals surface area contributed by atoms with Crippen LogP contribution >= 0.6 is 0 Å². The maximum Gasteiger partial charge on any atom is 0.416 e. The summed E-state index contributed by atoms with van der Waals surface area (Å²) in [4.78, 5) is 30.8. The molecular formula is C27H30F3N3O3. The molecule has 1 fully saturated rings. The number of aliphatic hydroxyl groups excluding tert-OH is 1. The van der Waals surface area contributed by atoms with Crippen molar-refractivity contribution in [2.45, 2.75) is 63.9 Å². The number of fused-ring (bicyclic) bond motifs is 1. The first-order valence-corrected chi connectivity index (χ1v) is 12.3. The number of amides is 2. The van der Waals surface area contributed by atoms with Crippen molar-refractivity contribution < 1.29 is 27.9 Å². The van der Waals surface area contributed by atoms with E-state index in [0.29, 0.717) is 35.6 Å². The van der Waals surface area contributed by atoms with E-state index in [1.54, 1.807) is 24.3 Å². The number of hydrogen-bond acceptors (Lipinski definition) is 4. The third-order valence-electron chi connectivity index (χ3n) is 6.65. The molecule has 3 atom stereocenters. The third-order valence-corrected chi connectivity index (χ3v) is 6.65. The predicted octanol–water partition coefficient (Wildman–Crippen LogP) is 4.90. The van der Waals surface area contributed by atoms with Gasteiger partial charge in [-0.25, -0.2) is 4.99 Å². The Morgan fingerprint density at radius 2 is 1.86 bits per heavy atom. The highest BCUT2D eigenvalue weighted by atomic mass is 19.4. The smallest absolute Gasteiger partial charge is 0.392 e. The van der Waals surface area contributed by atoms with Crippen molar-refractivity contribution in [1.82, 2.24) is 5.32 Å². The van der Waals surface area contributed by atoms with E-state index in [1.165, 1.54) is 12.1 Å². The van der Waals surface area contributed by atoms with Gasteiger partial charge >= 0.3 is 6.18 Å². The number of nitrogens with zero attached hydrogens (tertiary/aromatic N) is 1. The van der Waals surface area contributed by atoms with Crippen LogP contribution in [0.15, 0.2) is 53.5 Å². The van der Waals surface area contributed by atoms with E-state index in [9.17, 15) is 27.9 Å². The molecule has 1 aliphatic carbocycles. The van der Waals surface area contributed by atoms with Crippen LogP contribution in [0, 0.1) is 11.8 Å². The lowest BCUT2D eigenvalue weighted by Gasteiger charge is -2.24. The van der Waals surface area contributed by atoms with Crippen LogP contribution in [0.1, 0.15) is 62.1 Å². The zero-order valence-corrected chi connectivity index (χ0v) is 20.0. The molecule has 9 heteroatoms. The molecule has 2 aromatic carbocycles. The van der Waals surface area contributed by atoms with Gasteiger partial charge in [0.25, 0.3) is 5.91 Å². The molecule has 1 aliphatic heterocycles. The van der Waals surface area contributed by atoms with Gasteiger partial charge in [0.05, 0.1) is 29.0 Å². The van der Waals surface area contributed by atoms with Gasteiger partial charge in [-0.3, -0.25) is 9.59 Å². The van der Waals surface area contributed by atoms with E-state index in [2.05, 4.69) is 15.6 Å². The molecule has 1 saturated carbocycles. The van der Waals surface area contributed by atoms with Crippen LogP contribution in [-0.4, -0.2) is 34.9 Å². The van der Waals surface area contributed by atoms with Crippen molar-refractivity contribution >= 4 is 23.2 Å². The number of nitrogens with one attached hydrogen (secondary N) is 2. The zero-order chi connectivity index (χ0) is 25.9. The minimum atomic E-state index is -4.48. The molecule has 3 unspecified atom stereocenters. The van der Waals surface area contributed by atoms with E-state index in [4.69, 9.17) is 0 Å². The highest BCUT2D eigenvalue weighted by molar-refractivity contribution is 6.19. The number of para-hydroxylation sites is 1. The first kappa shape index (κ1) is 25.9. The fraction of sp³-hybridized carbons (Fsp3) is 0.444. The molecule has 36 heavy (non-hydrogen) atoms. The van der Waals surface area contributed by atoms with Gasteiger partial charge < -0.3 is 15.7 Å². The van der Waals surface area contributed by atoms with Gasteiger partial charge in [0.2, 0.25) is 12.1 Å². The van der Waals surface area contributed by atoms with Crippen molar-refractivity contribution in [1.29, 1.82) is 0 Å². The number of benzene rings is 2. The molecule has 0 aromatic heterocycles. The minimum absolute atomic E-state index is 0.285. The number of alkyl halides is 3. The van der Waals surface area contributed by atoms with Gasteiger partial charge in [-0.1, -0.05) is 62.9 Å². The van der Waals surface area contributed by atoms with E-state index >= 15 is 0 Å². The molecule has 2 amide bonds. The van der Waals surface area contributed by atoms with E-state index < -0.39 is 41.7 Å². The van der Waals surface area contributed by atoms with Crippen molar-refractivity contribution in [3.05, 3.63) is 65.2 Å². The average Bonchev–Trinajstić information content (AvgIpc) is 3.68. The molecule has 4 rings (SSSR count). The lowest BCUT2D eigenvalue weighted by Crippen LogP contribution is -2.47. The van der Waals surface area contributed by atoms with Crippen LogP contribution in [-0.2, 0) is 15.8 Å². The van der Waals surface area contributed by atoms with Crippen molar-refractivity contribution in [2.75, 3.05) is 5.32 Å². The van der Waals surface area contributed by atoms with Crippen LogP contribution in [0.4, 0.5) is 18.9 Å². The predicted molar refractivity (Wildman–Crippen MR) is 130 cm³/mol. The summed E-state index contributed by atoms with van der Waals surface area (Å²) in [5.41, 5.74) is 0.837. The number of benzodiazepines with no additional fused rings is 1. The number of anilines is 1. The topological polar surface area (TPSA) is 90.8 Å². The summed E-state index contributed by atoms with van der Waals surface area (Å²) in [5.74, 6) is -1.29. The van der Waals surface area contributed by atoms with E-state index in [-0.39, 0.29) is 5.71 Å². The van der Waals surface area contributed by atoms with Gasteiger partial charge in [0, 0.05) is 11.1 Å². The minimum Gasteiger partial charge on any atom is -0.392 e. The largest absolute Gasteiger partial charge is 0.416 e. The lowest BCUT2D eigenvalue weighted by molar-refractivity contribution is -0.137. The second-order valence-corrected chi connectivity index (χ2v) is 9.49. The molecular weight excluding hydrogens is 471 g/mol. The zero-order valence-electron chi connectivity index (χ0n) is 20.0. The summed E-state index contributed by atoms with van der Waals surface area (Å²) in [5, 5.41) is 16.2. The molecule has 6 nitrogen and oxygen atoms in total. The average molecular weight is 502 g/mol. The number of unbranched alkanes of at least 4 members (excludes halogenated alkanes) is 1. The van der Waals surface area contributed by atoms with Crippen LogP contribution in [0.2, 0.25) is 0 Å². The molecule has 2 aromatic rings. The molecule has 1 heterocycles. The van der Waals surface area contributed by atoms with Gasteiger partial charge in [0.1, 0.15) is 0 Å². The summed E-state index contributed by atoms with van der Waals surface area (Å²) in [7, 11) is 0. The molecule has 192 valence electrons. The summed E-state index contributed by atoms with van der Waals surface area (Å²) < 4.78 is 39.2. The Balaban J connectivity index is 1.64. The van der Waals surface area contributed by atoms with Gasteiger partial charge in [0.15, 0.2) is 0 Å². The molecule has 0 saturated heterocycles. The van der Waals surface area contributed by atoms with Gasteiger partial charge in [-0.05, 0) is 37.0 Å². The second-order valence-electron chi connectivity index (χ2n) is 9.49. The third kappa shape index (κ3) is 6.13. The maximum absolute atomic E-state index is 13.3. The fourth-order valence-corrected chi connectivity index (χ4v) is 4.41. The molecule has 2 aliphatic rings. The van der Waals surface area contributed by atoms with Gasteiger partial charge in [-0.15, -0.1) is 0 Å².